The summed E-state index contributed by atoms with van der Waals surface area (Å²) in [5, 5.41) is 1.45. The number of aromatic nitrogens is 1. The van der Waals surface area contributed by atoms with E-state index in [2.05, 4.69) is 4.98 Å². The molecule has 29 heavy (non-hydrogen) atoms. The lowest BCUT2D eigenvalue weighted by Crippen LogP contribution is -2.10. The van der Waals surface area contributed by atoms with Crippen molar-refractivity contribution in [2.75, 3.05) is 6.61 Å². The topological polar surface area (TPSA) is 56.3 Å². The molecule has 0 aliphatic heterocycles. The molecular weight excluding hydrogens is 402 g/mol. The zero-order valence-electron chi connectivity index (χ0n) is 16.7. The Balaban J connectivity index is 1.85. The average molecular weight is 426 g/mol. The Morgan fingerprint density at radius 1 is 1.03 bits per heavy atom. The number of ether oxygens (including phenoxy) is 1. The predicted molar refractivity (Wildman–Crippen MR) is 118 cm³/mol. The van der Waals surface area contributed by atoms with Crippen LogP contribution in [-0.2, 0) is 16.0 Å². The monoisotopic (exact) mass is 425 g/mol. The van der Waals surface area contributed by atoms with Crippen LogP contribution in [0.4, 0.5) is 0 Å². The van der Waals surface area contributed by atoms with Crippen molar-refractivity contribution in [2.45, 2.75) is 36.8 Å². The van der Waals surface area contributed by atoms with Crippen LogP contribution in [0.1, 0.15) is 44.9 Å². The fraction of sp³-hybridized carbons (Fsp3) is 0.261. The number of hydrogen-bond donors (Lipinski definition) is 0. The van der Waals surface area contributed by atoms with E-state index < -0.39 is 5.25 Å². The van der Waals surface area contributed by atoms with Gasteiger partial charge in [-0.15, -0.1) is 11.3 Å². The maximum absolute atomic E-state index is 13.3. The first-order valence-corrected chi connectivity index (χ1v) is 11.2. The fourth-order valence-electron chi connectivity index (χ4n) is 2.77. The van der Waals surface area contributed by atoms with Gasteiger partial charge in [0.15, 0.2) is 10.1 Å². The third-order valence-corrected chi connectivity index (χ3v) is 6.61. The van der Waals surface area contributed by atoms with Crippen LogP contribution in [0.2, 0.25) is 0 Å². The van der Waals surface area contributed by atoms with Gasteiger partial charge in [0.05, 0.1) is 24.0 Å². The van der Waals surface area contributed by atoms with Crippen molar-refractivity contribution >= 4 is 34.9 Å². The molecule has 4 nitrogen and oxygen atoms in total. The number of benzene rings is 2. The van der Waals surface area contributed by atoms with Crippen LogP contribution in [0.25, 0.3) is 0 Å². The molecule has 1 aromatic heterocycles. The standard InChI is InChI=1S/C23H23NO3S2/c1-4-27-20(25)13-19-14-28-23(24-19)29-22(18-11-7-16(3)8-12-18)21(26)17-9-5-15(2)6-10-17/h5-12,14,22H,4,13H2,1-3H3/t22-/m0/s1. The van der Waals surface area contributed by atoms with E-state index in [0.29, 0.717) is 17.9 Å². The summed E-state index contributed by atoms with van der Waals surface area (Å²) in [6, 6.07) is 15.6. The van der Waals surface area contributed by atoms with E-state index in [-0.39, 0.29) is 18.2 Å². The highest BCUT2D eigenvalue weighted by molar-refractivity contribution is 8.01. The Labute approximate surface area is 179 Å². The molecule has 0 spiro atoms. The number of esters is 1. The van der Waals surface area contributed by atoms with E-state index in [1.807, 2.05) is 67.8 Å². The number of carbonyl (C=O) groups excluding carboxylic acids is 2. The molecule has 6 heteroatoms. The van der Waals surface area contributed by atoms with Gasteiger partial charge in [-0.1, -0.05) is 71.4 Å². The molecule has 0 aliphatic carbocycles. The van der Waals surface area contributed by atoms with E-state index in [0.717, 1.165) is 21.0 Å². The number of carbonyl (C=O) groups is 2. The zero-order valence-corrected chi connectivity index (χ0v) is 18.3. The molecule has 0 saturated heterocycles. The van der Waals surface area contributed by atoms with Gasteiger partial charge in [0.2, 0.25) is 0 Å². The third-order valence-electron chi connectivity index (χ3n) is 4.33. The maximum atomic E-state index is 13.3. The van der Waals surface area contributed by atoms with Crippen LogP contribution in [0.5, 0.6) is 0 Å². The fourth-order valence-corrected chi connectivity index (χ4v) is 4.87. The van der Waals surface area contributed by atoms with Gasteiger partial charge in [-0.3, -0.25) is 9.59 Å². The second kappa shape index (κ2) is 9.85. The van der Waals surface area contributed by atoms with E-state index in [1.165, 1.54) is 23.1 Å². The molecule has 1 atom stereocenters. The molecule has 3 aromatic rings. The van der Waals surface area contributed by atoms with Gasteiger partial charge in [0.25, 0.3) is 0 Å². The predicted octanol–water partition coefficient (Wildman–Crippen LogP) is 5.58. The van der Waals surface area contributed by atoms with Crippen LogP contribution in [-0.4, -0.2) is 23.3 Å². The molecule has 150 valence electrons. The summed E-state index contributed by atoms with van der Waals surface area (Å²) in [6.45, 7) is 6.16. The summed E-state index contributed by atoms with van der Waals surface area (Å²) in [5.41, 5.74) is 4.54. The second-order valence-corrected chi connectivity index (χ2v) is 8.94. The maximum Gasteiger partial charge on any atom is 0.311 e. The number of thiazole rings is 1. The van der Waals surface area contributed by atoms with Crippen molar-refractivity contribution in [3.63, 3.8) is 0 Å². The number of Topliss-reactive ketones (excluding diaryl/α,β-unsaturated/α-hetero) is 1. The Kier molecular flexibility index (Phi) is 7.23. The molecule has 0 N–H and O–H groups in total. The first-order chi connectivity index (χ1) is 14.0. The highest BCUT2D eigenvalue weighted by Crippen LogP contribution is 2.39. The van der Waals surface area contributed by atoms with Crippen LogP contribution in [0, 0.1) is 13.8 Å². The van der Waals surface area contributed by atoms with Crippen molar-refractivity contribution in [3.05, 3.63) is 81.9 Å². The van der Waals surface area contributed by atoms with Crippen molar-refractivity contribution in [1.82, 2.24) is 4.98 Å². The summed E-state index contributed by atoms with van der Waals surface area (Å²) in [4.78, 5) is 29.5. The molecule has 0 aliphatic rings. The van der Waals surface area contributed by atoms with Gasteiger partial charge in [-0.25, -0.2) is 4.98 Å². The third kappa shape index (κ3) is 5.78. The SMILES string of the molecule is CCOC(=O)Cc1csc(S[C@H](C(=O)c2ccc(C)cc2)c2ccc(C)cc2)n1. The van der Waals surface area contributed by atoms with Gasteiger partial charge in [-0.2, -0.15) is 0 Å². The number of hydrogen-bond acceptors (Lipinski definition) is 6. The number of ketones is 1. The molecule has 0 saturated carbocycles. The normalized spacial score (nSPS) is 11.8. The number of aryl methyl sites for hydroxylation is 2. The number of thioether (sulfide) groups is 1. The van der Waals surface area contributed by atoms with Gasteiger partial charge in [0, 0.05) is 10.9 Å². The van der Waals surface area contributed by atoms with Crippen LogP contribution >= 0.6 is 23.1 Å². The molecule has 0 amide bonds. The van der Waals surface area contributed by atoms with Crippen molar-refractivity contribution < 1.29 is 14.3 Å². The lowest BCUT2D eigenvalue weighted by Gasteiger charge is -2.15. The van der Waals surface area contributed by atoms with E-state index in [4.69, 9.17) is 4.74 Å². The molecule has 3 rings (SSSR count). The summed E-state index contributed by atoms with van der Waals surface area (Å²) in [5.74, 6) is -0.249. The summed E-state index contributed by atoms with van der Waals surface area (Å²) >= 11 is 2.86. The first-order valence-electron chi connectivity index (χ1n) is 9.40. The lowest BCUT2D eigenvalue weighted by atomic mass is 10.0. The highest BCUT2D eigenvalue weighted by Gasteiger charge is 2.25. The molecular formula is C23H23NO3S2. The van der Waals surface area contributed by atoms with Gasteiger partial charge in [0.1, 0.15) is 0 Å². The number of rotatable bonds is 8. The number of nitrogens with zero attached hydrogens (tertiary/aromatic N) is 1. The molecule has 0 fully saturated rings. The molecule has 0 bridgehead atoms. The van der Waals surface area contributed by atoms with Crippen LogP contribution in [0.15, 0.2) is 58.3 Å². The highest BCUT2D eigenvalue weighted by atomic mass is 32.2. The quantitative estimate of drug-likeness (QED) is 0.268. The lowest BCUT2D eigenvalue weighted by molar-refractivity contribution is -0.142. The first kappa shape index (κ1) is 21.3. The van der Waals surface area contributed by atoms with E-state index >= 15 is 0 Å². The van der Waals surface area contributed by atoms with Gasteiger partial charge < -0.3 is 4.74 Å². The smallest absolute Gasteiger partial charge is 0.311 e. The second-order valence-electron chi connectivity index (χ2n) is 6.73. The Morgan fingerprint density at radius 3 is 2.28 bits per heavy atom. The van der Waals surface area contributed by atoms with Gasteiger partial charge >= 0.3 is 5.97 Å². The largest absolute Gasteiger partial charge is 0.466 e. The van der Waals surface area contributed by atoms with Gasteiger partial charge in [-0.05, 0) is 26.3 Å². The Bertz CT molecular complexity index is 978. The van der Waals surface area contributed by atoms with Crippen molar-refractivity contribution in [1.29, 1.82) is 0 Å². The zero-order chi connectivity index (χ0) is 20.8. The minimum atomic E-state index is -0.403. The van der Waals surface area contributed by atoms with Crippen LogP contribution in [0.3, 0.4) is 0 Å². The minimum absolute atomic E-state index is 0.0426. The van der Waals surface area contributed by atoms with E-state index in [1.54, 1.807) is 6.92 Å². The van der Waals surface area contributed by atoms with Crippen LogP contribution < -0.4 is 0 Å². The molecule has 0 radical (unpaired) electrons. The summed E-state index contributed by atoms with van der Waals surface area (Å²) in [6.07, 6.45) is 0.145. The average Bonchev–Trinajstić information content (AvgIpc) is 3.14. The minimum Gasteiger partial charge on any atom is -0.466 e. The Hall–Kier alpha value is -2.44. The summed E-state index contributed by atoms with van der Waals surface area (Å²) < 4.78 is 5.75. The molecule has 2 aromatic carbocycles. The van der Waals surface area contributed by atoms with Crippen molar-refractivity contribution in [2.24, 2.45) is 0 Å². The molecule has 1 heterocycles. The summed E-state index contributed by atoms with van der Waals surface area (Å²) in [7, 11) is 0. The Morgan fingerprint density at radius 2 is 1.66 bits per heavy atom. The van der Waals surface area contributed by atoms with Crippen molar-refractivity contribution in [3.8, 4) is 0 Å². The molecule has 0 unspecified atom stereocenters. The van der Waals surface area contributed by atoms with E-state index in [9.17, 15) is 9.59 Å².